The summed E-state index contributed by atoms with van der Waals surface area (Å²) in [6, 6.07) is 3.36. The Morgan fingerprint density at radius 2 is 1.79 bits per heavy atom. The Hall–Kier alpha value is -0.310. The highest BCUT2D eigenvalue weighted by Crippen LogP contribution is 2.31. The number of hydrogen-bond acceptors (Lipinski definition) is 1. The first-order valence-corrected chi connectivity index (χ1v) is 7.65. The monoisotopic (exact) mass is 303 g/mol. The van der Waals surface area contributed by atoms with Gasteiger partial charge in [0.05, 0.1) is 5.02 Å². The van der Waals surface area contributed by atoms with E-state index in [9.17, 15) is 4.39 Å². The van der Waals surface area contributed by atoms with E-state index in [1.165, 1.54) is 37.8 Å². The van der Waals surface area contributed by atoms with E-state index in [0.29, 0.717) is 11.1 Å². The predicted molar refractivity (Wildman–Crippen MR) is 79.4 cm³/mol. The average Bonchev–Trinajstić information content (AvgIpc) is 2.87. The number of halogens is 3. The average molecular weight is 304 g/mol. The first kappa shape index (κ1) is 15.1. The van der Waals surface area contributed by atoms with Crippen LogP contribution in [0.4, 0.5) is 4.39 Å². The van der Waals surface area contributed by atoms with Gasteiger partial charge in [-0.15, -0.1) is 0 Å². The standard InChI is InChI=1S/C15H20Cl2FN/c1-9(11-5-3-4-6-11)19-10(2)12-7-15(18)14(17)8-13(12)16/h7-11,19H,3-6H2,1-2H3/t9-,10?/m0/s1. The fraction of sp³-hybridized carbons (Fsp3) is 0.600. The van der Waals surface area contributed by atoms with E-state index in [-0.39, 0.29) is 11.1 Å². The molecule has 0 spiro atoms. The second kappa shape index (κ2) is 6.43. The molecule has 1 unspecified atom stereocenters. The topological polar surface area (TPSA) is 12.0 Å². The van der Waals surface area contributed by atoms with Crippen LogP contribution in [0.3, 0.4) is 0 Å². The minimum atomic E-state index is -0.414. The minimum Gasteiger partial charge on any atom is -0.307 e. The van der Waals surface area contributed by atoms with E-state index >= 15 is 0 Å². The number of benzene rings is 1. The summed E-state index contributed by atoms with van der Waals surface area (Å²) in [4.78, 5) is 0. The second-order valence-electron chi connectivity index (χ2n) is 5.51. The van der Waals surface area contributed by atoms with Crippen LogP contribution in [0.1, 0.15) is 51.1 Å². The zero-order chi connectivity index (χ0) is 14.0. The lowest BCUT2D eigenvalue weighted by molar-refractivity contribution is 0.352. The van der Waals surface area contributed by atoms with E-state index in [1.54, 1.807) is 0 Å². The molecule has 1 nitrogen and oxygen atoms in total. The van der Waals surface area contributed by atoms with E-state index < -0.39 is 5.82 Å². The van der Waals surface area contributed by atoms with Crippen LogP contribution in [0.15, 0.2) is 12.1 Å². The zero-order valence-electron chi connectivity index (χ0n) is 11.3. The van der Waals surface area contributed by atoms with Crippen LogP contribution in [0, 0.1) is 11.7 Å². The van der Waals surface area contributed by atoms with Crippen LogP contribution in [0.5, 0.6) is 0 Å². The Kier molecular flexibility index (Phi) is 5.10. The van der Waals surface area contributed by atoms with Crippen molar-refractivity contribution in [1.82, 2.24) is 5.32 Å². The number of nitrogens with one attached hydrogen (secondary N) is 1. The molecule has 19 heavy (non-hydrogen) atoms. The fourth-order valence-electron chi connectivity index (χ4n) is 2.95. The summed E-state index contributed by atoms with van der Waals surface area (Å²) in [5.41, 5.74) is 0.772. The lowest BCUT2D eigenvalue weighted by Crippen LogP contribution is -2.34. The van der Waals surface area contributed by atoms with Gasteiger partial charge in [0, 0.05) is 17.1 Å². The Morgan fingerprint density at radius 3 is 2.42 bits per heavy atom. The van der Waals surface area contributed by atoms with Gasteiger partial charge in [-0.25, -0.2) is 4.39 Å². The van der Waals surface area contributed by atoms with Crippen molar-refractivity contribution in [2.75, 3.05) is 0 Å². The maximum absolute atomic E-state index is 13.5. The molecule has 0 heterocycles. The summed E-state index contributed by atoms with van der Waals surface area (Å²) in [5.74, 6) is 0.307. The Labute approximate surface area is 124 Å². The molecule has 0 saturated heterocycles. The van der Waals surface area contributed by atoms with Crippen molar-refractivity contribution in [2.24, 2.45) is 5.92 Å². The summed E-state index contributed by atoms with van der Waals surface area (Å²) in [6.07, 6.45) is 5.20. The molecule has 0 aliphatic heterocycles. The third-order valence-corrected chi connectivity index (χ3v) is 4.74. The summed E-state index contributed by atoms with van der Waals surface area (Å²) >= 11 is 11.9. The maximum Gasteiger partial charge on any atom is 0.142 e. The van der Waals surface area contributed by atoms with Gasteiger partial charge in [-0.2, -0.15) is 0 Å². The van der Waals surface area contributed by atoms with Gasteiger partial charge in [0.15, 0.2) is 0 Å². The van der Waals surface area contributed by atoms with E-state index in [0.717, 1.165) is 11.5 Å². The van der Waals surface area contributed by atoms with Crippen LogP contribution in [-0.4, -0.2) is 6.04 Å². The summed E-state index contributed by atoms with van der Waals surface area (Å²) < 4.78 is 13.5. The Bertz CT molecular complexity index is 444. The molecule has 1 N–H and O–H groups in total. The molecule has 0 amide bonds. The molecule has 1 fully saturated rings. The van der Waals surface area contributed by atoms with E-state index in [2.05, 4.69) is 12.2 Å². The Balaban J connectivity index is 2.06. The third kappa shape index (κ3) is 3.62. The van der Waals surface area contributed by atoms with Gasteiger partial charge in [0.25, 0.3) is 0 Å². The highest BCUT2D eigenvalue weighted by molar-refractivity contribution is 6.35. The smallest absolute Gasteiger partial charge is 0.142 e. The van der Waals surface area contributed by atoms with Gasteiger partial charge < -0.3 is 5.32 Å². The molecular formula is C15H20Cl2FN. The van der Waals surface area contributed by atoms with Crippen molar-refractivity contribution in [2.45, 2.75) is 51.6 Å². The van der Waals surface area contributed by atoms with Crippen molar-refractivity contribution >= 4 is 23.2 Å². The molecule has 1 aliphatic carbocycles. The molecule has 2 atom stereocenters. The van der Waals surface area contributed by atoms with Crippen molar-refractivity contribution < 1.29 is 4.39 Å². The van der Waals surface area contributed by atoms with Gasteiger partial charge >= 0.3 is 0 Å². The highest BCUT2D eigenvalue weighted by Gasteiger charge is 2.23. The highest BCUT2D eigenvalue weighted by atomic mass is 35.5. The van der Waals surface area contributed by atoms with Crippen molar-refractivity contribution in [3.8, 4) is 0 Å². The number of rotatable bonds is 4. The molecule has 106 valence electrons. The van der Waals surface area contributed by atoms with Crippen LogP contribution in [0.25, 0.3) is 0 Å². The van der Waals surface area contributed by atoms with Crippen molar-refractivity contribution in [3.05, 3.63) is 33.6 Å². The van der Waals surface area contributed by atoms with Gasteiger partial charge in [0.2, 0.25) is 0 Å². The molecule has 4 heteroatoms. The van der Waals surface area contributed by atoms with Crippen molar-refractivity contribution in [3.63, 3.8) is 0 Å². The summed E-state index contributed by atoms with van der Waals surface area (Å²) in [5, 5.41) is 4.12. The SMILES string of the molecule is CC(N[C@@H](C)C1CCCC1)c1cc(F)c(Cl)cc1Cl. The van der Waals surface area contributed by atoms with Gasteiger partial charge in [-0.1, -0.05) is 36.0 Å². The quantitative estimate of drug-likeness (QED) is 0.738. The molecular weight excluding hydrogens is 284 g/mol. The molecule has 0 radical (unpaired) electrons. The molecule has 0 aromatic heterocycles. The third-order valence-electron chi connectivity index (χ3n) is 4.13. The van der Waals surface area contributed by atoms with Crippen molar-refractivity contribution in [1.29, 1.82) is 0 Å². The molecule has 1 saturated carbocycles. The first-order chi connectivity index (χ1) is 8.99. The normalized spacial score (nSPS) is 19.6. The molecule has 1 aromatic carbocycles. The lowest BCUT2D eigenvalue weighted by atomic mass is 9.98. The second-order valence-corrected chi connectivity index (χ2v) is 6.32. The molecule has 0 bridgehead atoms. The largest absolute Gasteiger partial charge is 0.307 e. The van der Waals surface area contributed by atoms with Gasteiger partial charge in [-0.3, -0.25) is 0 Å². The lowest BCUT2D eigenvalue weighted by Gasteiger charge is -2.25. The van der Waals surface area contributed by atoms with E-state index in [4.69, 9.17) is 23.2 Å². The van der Waals surface area contributed by atoms with Crippen LogP contribution in [-0.2, 0) is 0 Å². The maximum atomic E-state index is 13.5. The first-order valence-electron chi connectivity index (χ1n) is 6.89. The summed E-state index contributed by atoms with van der Waals surface area (Å²) in [7, 11) is 0. The van der Waals surface area contributed by atoms with Crippen LogP contribution < -0.4 is 5.32 Å². The van der Waals surface area contributed by atoms with Crippen LogP contribution in [0.2, 0.25) is 10.0 Å². The zero-order valence-corrected chi connectivity index (χ0v) is 12.9. The molecule has 1 aliphatic rings. The van der Waals surface area contributed by atoms with Crippen LogP contribution >= 0.6 is 23.2 Å². The van der Waals surface area contributed by atoms with Gasteiger partial charge in [0.1, 0.15) is 5.82 Å². The molecule has 2 rings (SSSR count). The molecule has 1 aromatic rings. The predicted octanol–water partition coefficient (Wildman–Crippen LogP) is 5.36. The van der Waals surface area contributed by atoms with Gasteiger partial charge in [-0.05, 0) is 50.3 Å². The summed E-state index contributed by atoms with van der Waals surface area (Å²) in [6.45, 7) is 4.21. The Morgan fingerprint density at radius 1 is 1.16 bits per heavy atom. The minimum absolute atomic E-state index is 0.0230. The fourth-order valence-corrected chi connectivity index (χ4v) is 3.49. The number of hydrogen-bond donors (Lipinski definition) is 1. The van der Waals surface area contributed by atoms with E-state index in [1.807, 2.05) is 6.92 Å².